The second kappa shape index (κ2) is 6.21. The van der Waals surface area contributed by atoms with E-state index < -0.39 is 0 Å². The molecule has 1 rings (SSSR count). The average Bonchev–Trinajstić information content (AvgIpc) is 2.25. The van der Waals surface area contributed by atoms with Gasteiger partial charge in [0.15, 0.2) is 0 Å². The lowest BCUT2D eigenvalue weighted by atomic mass is 9.80. The zero-order chi connectivity index (χ0) is 12.0. The SMILES string of the molecule is COC1(CNC(=O)CCC(C)CN)CCC1. The molecule has 1 fully saturated rings. The van der Waals surface area contributed by atoms with Gasteiger partial charge in [-0.05, 0) is 38.1 Å². The molecule has 1 unspecified atom stereocenters. The molecule has 0 radical (unpaired) electrons. The molecule has 0 spiro atoms. The molecule has 1 aliphatic carbocycles. The summed E-state index contributed by atoms with van der Waals surface area (Å²) in [5.41, 5.74) is 5.43. The van der Waals surface area contributed by atoms with Gasteiger partial charge in [0.1, 0.15) is 0 Å². The molecule has 16 heavy (non-hydrogen) atoms. The Balaban J connectivity index is 2.14. The van der Waals surface area contributed by atoms with Crippen molar-refractivity contribution in [2.24, 2.45) is 11.7 Å². The number of nitrogens with two attached hydrogens (primary N) is 1. The van der Waals surface area contributed by atoms with E-state index in [-0.39, 0.29) is 11.5 Å². The molecule has 0 saturated heterocycles. The Morgan fingerprint density at radius 1 is 1.56 bits per heavy atom. The standard InChI is InChI=1S/C12H24N2O2/c1-10(8-13)4-5-11(15)14-9-12(16-2)6-3-7-12/h10H,3-9,13H2,1-2H3,(H,14,15). The first-order chi connectivity index (χ1) is 7.62. The lowest BCUT2D eigenvalue weighted by molar-refractivity contribution is -0.125. The van der Waals surface area contributed by atoms with Crippen LogP contribution in [0.5, 0.6) is 0 Å². The van der Waals surface area contributed by atoms with Gasteiger partial charge in [0.05, 0.1) is 5.60 Å². The number of carbonyl (C=O) groups excluding carboxylic acids is 1. The van der Waals surface area contributed by atoms with Crippen molar-refractivity contribution in [3.05, 3.63) is 0 Å². The van der Waals surface area contributed by atoms with E-state index in [1.165, 1.54) is 6.42 Å². The van der Waals surface area contributed by atoms with E-state index in [0.717, 1.165) is 19.3 Å². The minimum Gasteiger partial charge on any atom is -0.376 e. The maximum atomic E-state index is 11.6. The molecule has 0 bridgehead atoms. The Hall–Kier alpha value is -0.610. The van der Waals surface area contributed by atoms with Gasteiger partial charge in [-0.2, -0.15) is 0 Å². The van der Waals surface area contributed by atoms with E-state index in [4.69, 9.17) is 10.5 Å². The van der Waals surface area contributed by atoms with Crippen molar-refractivity contribution in [1.29, 1.82) is 0 Å². The Kier molecular flexibility index (Phi) is 5.22. The second-order valence-electron chi connectivity index (χ2n) is 4.90. The first-order valence-electron chi connectivity index (χ1n) is 6.14. The highest BCUT2D eigenvalue weighted by atomic mass is 16.5. The number of hydrogen-bond acceptors (Lipinski definition) is 3. The predicted octanol–water partition coefficient (Wildman–Crippen LogP) is 1.05. The molecule has 3 N–H and O–H groups in total. The first kappa shape index (κ1) is 13.5. The van der Waals surface area contributed by atoms with Gasteiger partial charge in [0.25, 0.3) is 0 Å². The van der Waals surface area contributed by atoms with Gasteiger partial charge in [-0.15, -0.1) is 0 Å². The quantitative estimate of drug-likeness (QED) is 0.684. The summed E-state index contributed by atoms with van der Waals surface area (Å²) >= 11 is 0. The van der Waals surface area contributed by atoms with Crippen LogP contribution in [0.4, 0.5) is 0 Å². The molecule has 94 valence electrons. The van der Waals surface area contributed by atoms with Gasteiger partial charge in [0, 0.05) is 20.1 Å². The summed E-state index contributed by atoms with van der Waals surface area (Å²) in [4.78, 5) is 11.6. The first-order valence-corrected chi connectivity index (χ1v) is 6.14. The molecular weight excluding hydrogens is 204 g/mol. The van der Waals surface area contributed by atoms with Crippen LogP contribution in [0.15, 0.2) is 0 Å². The molecule has 0 aromatic rings. The topological polar surface area (TPSA) is 64.3 Å². The van der Waals surface area contributed by atoms with E-state index in [1.807, 2.05) is 0 Å². The number of carbonyl (C=O) groups is 1. The Morgan fingerprint density at radius 3 is 2.69 bits per heavy atom. The number of amides is 1. The van der Waals surface area contributed by atoms with Crippen LogP contribution < -0.4 is 11.1 Å². The monoisotopic (exact) mass is 228 g/mol. The molecule has 0 heterocycles. The third kappa shape index (κ3) is 3.76. The van der Waals surface area contributed by atoms with E-state index >= 15 is 0 Å². The van der Waals surface area contributed by atoms with Crippen molar-refractivity contribution in [2.45, 2.75) is 44.6 Å². The van der Waals surface area contributed by atoms with Gasteiger partial charge < -0.3 is 15.8 Å². The van der Waals surface area contributed by atoms with E-state index in [1.54, 1.807) is 7.11 Å². The summed E-state index contributed by atoms with van der Waals surface area (Å²) in [7, 11) is 1.72. The molecule has 0 aliphatic heterocycles. The predicted molar refractivity (Wildman–Crippen MR) is 64.1 cm³/mol. The molecule has 1 amide bonds. The molecule has 0 aromatic heterocycles. The van der Waals surface area contributed by atoms with Gasteiger partial charge in [-0.3, -0.25) is 4.79 Å². The van der Waals surface area contributed by atoms with Gasteiger partial charge in [0.2, 0.25) is 5.91 Å². The van der Waals surface area contributed by atoms with Crippen LogP contribution in [-0.4, -0.2) is 31.7 Å². The average molecular weight is 228 g/mol. The zero-order valence-corrected chi connectivity index (χ0v) is 10.4. The number of hydrogen-bond donors (Lipinski definition) is 2. The fourth-order valence-corrected chi connectivity index (χ4v) is 1.87. The van der Waals surface area contributed by atoms with Crippen molar-refractivity contribution < 1.29 is 9.53 Å². The lowest BCUT2D eigenvalue weighted by Gasteiger charge is -2.40. The van der Waals surface area contributed by atoms with Crippen molar-refractivity contribution >= 4 is 5.91 Å². The van der Waals surface area contributed by atoms with Crippen LogP contribution in [0.2, 0.25) is 0 Å². The number of methoxy groups -OCH3 is 1. The van der Waals surface area contributed by atoms with Crippen LogP contribution in [0.25, 0.3) is 0 Å². The summed E-state index contributed by atoms with van der Waals surface area (Å²) in [6.07, 6.45) is 4.75. The number of nitrogens with one attached hydrogen (secondary N) is 1. The molecular formula is C12H24N2O2. The smallest absolute Gasteiger partial charge is 0.220 e. The summed E-state index contributed by atoms with van der Waals surface area (Å²) in [6, 6.07) is 0. The van der Waals surface area contributed by atoms with E-state index in [2.05, 4.69) is 12.2 Å². The van der Waals surface area contributed by atoms with Crippen LogP contribution in [-0.2, 0) is 9.53 Å². The molecule has 1 saturated carbocycles. The molecule has 0 aromatic carbocycles. The van der Waals surface area contributed by atoms with E-state index in [9.17, 15) is 4.79 Å². The highest BCUT2D eigenvalue weighted by Gasteiger charge is 2.37. The molecule has 1 atom stereocenters. The minimum absolute atomic E-state index is 0.0743. The Morgan fingerprint density at radius 2 is 2.25 bits per heavy atom. The number of ether oxygens (including phenoxy) is 1. The summed E-state index contributed by atoms with van der Waals surface area (Å²) in [5, 5.41) is 2.95. The summed E-state index contributed by atoms with van der Waals surface area (Å²) in [6.45, 7) is 3.37. The third-order valence-electron chi connectivity index (χ3n) is 3.57. The van der Waals surface area contributed by atoms with Crippen LogP contribution >= 0.6 is 0 Å². The Labute approximate surface area is 97.9 Å². The van der Waals surface area contributed by atoms with Gasteiger partial charge in [-0.1, -0.05) is 6.92 Å². The number of rotatable bonds is 7. The van der Waals surface area contributed by atoms with Crippen molar-refractivity contribution in [3.8, 4) is 0 Å². The Bertz CT molecular complexity index is 222. The molecule has 4 nitrogen and oxygen atoms in total. The van der Waals surface area contributed by atoms with E-state index in [0.29, 0.717) is 25.4 Å². The molecule has 1 aliphatic rings. The maximum Gasteiger partial charge on any atom is 0.220 e. The van der Waals surface area contributed by atoms with Crippen molar-refractivity contribution in [3.63, 3.8) is 0 Å². The third-order valence-corrected chi connectivity index (χ3v) is 3.57. The second-order valence-corrected chi connectivity index (χ2v) is 4.90. The fraction of sp³-hybridized carbons (Fsp3) is 0.917. The highest BCUT2D eigenvalue weighted by Crippen LogP contribution is 2.34. The lowest BCUT2D eigenvalue weighted by Crippen LogP contribution is -2.49. The highest BCUT2D eigenvalue weighted by molar-refractivity contribution is 5.75. The van der Waals surface area contributed by atoms with Gasteiger partial charge in [-0.25, -0.2) is 0 Å². The maximum absolute atomic E-state index is 11.6. The summed E-state index contributed by atoms with van der Waals surface area (Å²) < 4.78 is 5.44. The minimum atomic E-state index is -0.0743. The normalized spacial score (nSPS) is 19.9. The van der Waals surface area contributed by atoms with Crippen LogP contribution in [0, 0.1) is 5.92 Å². The largest absolute Gasteiger partial charge is 0.376 e. The van der Waals surface area contributed by atoms with Crippen molar-refractivity contribution in [1.82, 2.24) is 5.32 Å². The zero-order valence-electron chi connectivity index (χ0n) is 10.4. The van der Waals surface area contributed by atoms with Crippen LogP contribution in [0.3, 0.4) is 0 Å². The van der Waals surface area contributed by atoms with Gasteiger partial charge >= 0.3 is 0 Å². The summed E-state index contributed by atoms with van der Waals surface area (Å²) in [5.74, 6) is 0.537. The fourth-order valence-electron chi connectivity index (χ4n) is 1.87. The van der Waals surface area contributed by atoms with Crippen molar-refractivity contribution in [2.75, 3.05) is 20.2 Å². The van der Waals surface area contributed by atoms with Crippen LogP contribution in [0.1, 0.15) is 39.0 Å². The molecule has 4 heteroatoms.